The summed E-state index contributed by atoms with van der Waals surface area (Å²) in [6, 6.07) is 4.92. The Hall–Kier alpha value is -2.04. The highest BCUT2D eigenvalue weighted by Crippen LogP contribution is 2.40. The molecule has 0 bridgehead atoms. The minimum Gasteiger partial charge on any atom is -0.314 e. The van der Waals surface area contributed by atoms with Crippen LogP contribution in [0, 0.1) is 5.41 Å². The van der Waals surface area contributed by atoms with Crippen molar-refractivity contribution >= 4 is 29.0 Å². The highest BCUT2D eigenvalue weighted by atomic mass is 35.5. The van der Waals surface area contributed by atoms with Gasteiger partial charge < -0.3 is 4.90 Å². The molecule has 1 aromatic carbocycles. The van der Waals surface area contributed by atoms with Gasteiger partial charge in [-0.1, -0.05) is 22.8 Å². The lowest BCUT2D eigenvalue weighted by atomic mass is 9.77. The monoisotopic (exact) mass is 278 g/mol. The molecular weight excluding hydrogens is 268 g/mol. The third-order valence-corrected chi connectivity index (χ3v) is 3.62. The van der Waals surface area contributed by atoms with Crippen molar-refractivity contribution in [1.29, 1.82) is 0 Å². The van der Waals surface area contributed by atoms with E-state index in [0.717, 1.165) is 0 Å². The number of amides is 1. The average molecular weight is 279 g/mol. The highest BCUT2D eigenvalue weighted by Gasteiger charge is 2.48. The van der Waals surface area contributed by atoms with Crippen LogP contribution in [0.2, 0.25) is 5.02 Å². The summed E-state index contributed by atoms with van der Waals surface area (Å²) in [5.74, 6) is -0.816. The quantitative estimate of drug-likeness (QED) is 0.360. The maximum atomic E-state index is 12.5. The Morgan fingerprint density at radius 3 is 2.79 bits per heavy atom. The van der Waals surface area contributed by atoms with E-state index >= 15 is 0 Å². The molecule has 1 aliphatic heterocycles. The molecule has 1 atom stereocenters. The lowest BCUT2D eigenvalue weighted by molar-refractivity contribution is -0.124. The predicted molar refractivity (Wildman–Crippen MR) is 71.3 cm³/mol. The lowest BCUT2D eigenvalue weighted by Crippen LogP contribution is -2.51. The first-order valence-electron chi connectivity index (χ1n) is 5.56. The second-order valence-electron chi connectivity index (χ2n) is 4.55. The van der Waals surface area contributed by atoms with E-state index in [0.29, 0.717) is 11.3 Å². The Kier molecular flexibility index (Phi) is 3.22. The molecule has 7 heteroatoms. The number of carbonyl (C=O) groups excluding carboxylic acids is 2. The maximum absolute atomic E-state index is 12.5. The fourth-order valence-electron chi connectivity index (χ4n) is 2.18. The third-order valence-electron chi connectivity index (χ3n) is 3.31. The van der Waals surface area contributed by atoms with E-state index in [4.69, 9.17) is 17.1 Å². The topological polar surface area (TPSA) is 86.1 Å². The second kappa shape index (κ2) is 4.57. The summed E-state index contributed by atoms with van der Waals surface area (Å²) in [5.41, 5.74) is 7.76. The number of halogens is 1. The second-order valence-corrected chi connectivity index (χ2v) is 4.96. The van der Waals surface area contributed by atoms with Gasteiger partial charge in [-0.25, -0.2) is 0 Å². The molecule has 98 valence electrons. The minimum atomic E-state index is -1.40. The Balaban J connectivity index is 2.65. The van der Waals surface area contributed by atoms with Gasteiger partial charge in [0.1, 0.15) is 5.41 Å². The van der Waals surface area contributed by atoms with Crippen molar-refractivity contribution in [2.75, 3.05) is 18.5 Å². The van der Waals surface area contributed by atoms with E-state index in [2.05, 4.69) is 10.0 Å². The number of carbonyl (C=O) groups is 2. The molecule has 1 aromatic rings. The number of hydrogen-bond acceptors (Lipinski definition) is 3. The van der Waals surface area contributed by atoms with Crippen LogP contribution in [0.5, 0.6) is 0 Å². The maximum Gasteiger partial charge on any atom is 0.240 e. The van der Waals surface area contributed by atoms with Crippen molar-refractivity contribution in [2.45, 2.75) is 6.92 Å². The van der Waals surface area contributed by atoms with Crippen molar-refractivity contribution in [3.05, 3.63) is 39.2 Å². The van der Waals surface area contributed by atoms with Crippen LogP contribution in [0.3, 0.4) is 0 Å². The summed E-state index contributed by atoms with van der Waals surface area (Å²) in [6.45, 7) is 1.24. The molecule has 0 radical (unpaired) electrons. The van der Waals surface area contributed by atoms with Gasteiger partial charge in [0.05, 0.1) is 16.3 Å². The molecule has 0 saturated heterocycles. The van der Waals surface area contributed by atoms with E-state index in [9.17, 15) is 9.59 Å². The fourth-order valence-corrected chi connectivity index (χ4v) is 2.44. The molecule has 0 saturated carbocycles. The van der Waals surface area contributed by atoms with Crippen molar-refractivity contribution < 1.29 is 9.59 Å². The Morgan fingerprint density at radius 2 is 2.16 bits per heavy atom. The Bertz CT molecular complexity index is 624. The zero-order chi connectivity index (χ0) is 14.2. The SMILES string of the molecule is CN1C(=O)C(C)(CN=[N+]=[N-])C(=O)c2c(Cl)cccc21. The van der Waals surface area contributed by atoms with Crippen LogP contribution < -0.4 is 4.90 Å². The van der Waals surface area contributed by atoms with Gasteiger partial charge in [0.25, 0.3) is 0 Å². The lowest BCUT2D eigenvalue weighted by Gasteiger charge is -2.36. The average Bonchev–Trinajstić information content (AvgIpc) is 2.40. The van der Waals surface area contributed by atoms with Gasteiger partial charge in [-0.15, -0.1) is 0 Å². The molecule has 6 nitrogen and oxygen atoms in total. The van der Waals surface area contributed by atoms with Crippen molar-refractivity contribution in [1.82, 2.24) is 0 Å². The summed E-state index contributed by atoms with van der Waals surface area (Å²) >= 11 is 6.05. The minimum absolute atomic E-state index is 0.226. The number of hydrogen-bond donors (Lipinski definition) is 0. The molecule has 0 aliphatic carbocycles. The first-order chi connectivity index (χ1) is 8.93. The van der Waals surface area contributed by atoms with Gasteiger partial charge in [0.15, 0.2) is 5.78 Å². The number of azide groups is 1. The molecule has 0 aromatic heterocycles. The number of anilines is 1. The molecule has 19 heavy (non-hydrogen) atoms. The molecule has 1 amide bonds. The molecule has 0 spiro atoms. The first-order valence-corrected chi connectivity index (χ1v) is 5.93. The zero-order valence-corrected chi connectivity index (χ0v) is 11.2. The van der Waals surface area contributed by atoms with E-state index in [1.165, 1.54) is 11.8 Å². The number of fused-ring (bicyclic) bond motifs is 1. The number of benzene rings is 1. The summed E-state index contributed by atoms with van der Waals surface area (Å²) in [4.78, 5) is 28.8. The normalized spacial score (nSPS) is 21.9. The highest BCUT2D eigenvalue weighted by molar-refractivity contribution is 6.37. The molecular formula is C12H11ClN4O2. The van der Waals surface area contributed by atoms with E-state index < -0.39 is 17.1 Å². The Morgan fingerprint density at radius 1 is 1.47 bits per heavy atom. The number of nitrogens with zero attached hydrogens (tertiary/aromatic N) is 4. The molecule has 1 unspecified atom stereocenters. The van der Waals surface area contributed by atoms with Crippen molar-refractivity contribution in [3.8, 4) is 0 Å². The van der Waals surface area contributed by atoms with Crippen LogP contribution in [0.1, 0.15) is 17.3 Å². The smallest absolute Gasteiger partial charge is 0.240 e. The van der Waals surface area contributed by atoms with Gasteiger partial charge in [0.2, 0.25) is 5.91 Å². The van der Waals surface area contributed by atoms with Gasteiger partial charge in [-0.2, -0.15) is 0 Å². The van der Waals surface area contributed by atoms with E-state index in [-0.39, 0.29) is 11.6 Å². The summed E-state index contributed by atoms with van der Waals surface area (Å²) < 4.78 is 0. The van der Waals surface area contributed by atoms with Crippen LogP contribution in [0.15, 0.2) is 23.3 Å². The van der Waals surface area contributed by atoms with Crippen LogP contribution in [0.4, 0.5) is 5.69 Å². The fraction of sp³-hybridized carbons (Fsp3) is 0.333. The third kappa shape index (κ3) is 1.85. The van der Waals surface area contributed by atoms with Gasteiger partial charge in [-0.3, -0.25) is 9.59 Å². The van der Waals surface area contributed by atoms with Gasteiger partial charge in [-0.05, 0) is 24.6 Å². The molecule has 1 heterocycles. The summed E-state index contributed by atoms with van der Waals surface area (Å²) in [6.07, 6.45) is 0. The van der Waals surface area contributed by atoms with E-state index in [1.54, 1.807) is 25.2 Å². The van der Waals surface area contributed by atoms with Gasteiger partial charge >= 0.3 is 0 Å². The largest absolute Gasteiger partial charge is 0.314 e. The standard InChI is InChI=1S/C12H11ClN4O2/c1-12(6-15-16-14)10(18)9-7(13)4-3-5-8(9)17(2)11(12)19/h3-5H,6H2,1-2H3. The van der Waals surface area contributed by atoms with Crippen LogP contribution in [-0.2, 0) is 4.79 Å². The summed E-state index contributed by atoms with van der Waals surface area (Å²) in [5, 5.41) is 3.66. The molecule has 0 N–H and O–H groups in total. The first kappa shape index (κ1) is 13.4. The summed E-state index contributed by atoms with van der Waals surface area (Å²) in [7, 11) is 1.57. The van der Waals surface area contributed by atoms with Crippen LogP contribution in [0.25, 0.3) is 10.4 Å². The van der Waals surface area contributed by atoms with E-state index in [1.807, 2.05) is 0 Å². The van der Waals surface area contributed by atoms with Gasteiger partial charge in [0, 0.05) is 18.5 Å². The Labute approximate surface area is 114 Å². The molecule has 1 aliphatic rings. The zero-order valence-electron chi connectivity index (χ0n) is 10.4. The number of rotatable bonds is 2. The van der Waals surface area contributed by atoms with Crippen molar-refractivity contribution in [3.63, 3.8) is 0 Å². The van der Waals surface area contributed by atoms with Crippen molar-refractivity contribution in [2.24, 2.45) is 10.5 Å². The molecule has 2 rings (SSSR count). The van der Waals surface area contributed by atoms with Crippen LogP contribution in [-0.4, -0.2) is 25.3 Å². The molecule has 0 fully saturated rings. The predicted octanol–water partition coefficient (Wildman–Crippen LogP) is 2.82. The number of ketones is 1. The number of Topliss-reactive ketones (excluding diaryl/α,β-unsaturated/α-hetero) is 1. The van der Waals surface area contributed by atoms with Crippen LogP contribution >= 0.6 is 11.6 Å².